The Morgan fingerprint density at radius 1 is 1.11 bits per heavy atom. The van der Waals surface area contributed by atoms with Crippen molar-refractivity contribution in [3.8, 4) is 0 Å². The number of nitrogens with zero attached hydrogens (tertiary/aromatic N) is 2. The van der Waals surface area contributed by atoms with Crippen molar-refractivity contribution in [3.05, 3.63) is 0 Å². The summed E-state index contributed by atoms with van der Waals surface area (Å²) in [5.74, 6) is 0.923. The molecule has 0 aromatic rings. The smallest absolute Gasteiger partial charge is 0.0585 e. The van der Waals surface area contributed by atoms with Crippen LogP contribution >= 0.6 is 0 Å². The molecule has 2 fully saturated rings. The van der Waals surface area contributed by atoms with Crippen molar-refractivity contribution in [2.24, 2.45) is 5.92 Å². The minimum absolute atomic E-state index is 0.252. The molecule has 0 amide bonds. The topological polar surface area (TPSA) is 38.7 Å². The fourth-order valence-electron chi connectivity index (χ4n) is 3.39. The van der Waals surface area contributed by atoms with Gasteiger partial charge in [-0.1, -0.05) is 0 Å². The van der Waals surface area contributed by atoms with Crippen molar-refractivity contribution in [1.29, 1.82) is 0 Å². The Bertz CT molecular complexity index is 232. The molecule has 0 radical (unpaired) electrons. The van der Waals surface area contributed by atoms with Crippen molar-refractivity contribution in [1.82, 2.24) is 15.1 Å². The molecule has 2 heterocycles. The number of aliphatic hydroxyl groups is 1. The second-order valence-corrected chi connectivity index (χ2v) is 6.25. The Hall–Kier alpha value is -0.160. The quantitative estimate of drug-likeness (QED) is 0.716. The highest BCUT2D eigenvalue weighted by atomic mass is 16.3. The van der Waals surface area contributed by atoms with E-state index in [2.05, 4.69) is 15.1 Å². The summed E-state index contributed by atoms with van der Waals surface area (Å²) >= 11 is 0. The number of hydrogen-bond acceptors (Lipinski definition) is 4. The number of nitrogens with one attached hydrogen (secondary N) is 1. The molecule has 0 saturated carbocycles. The molecule has 2 rings (SSSR count). The van der Waals surface area contributed by atoms with Gasteiger partial charge in [0.2, 0.25) is 0 Å². The van der Waals surface area contributed by atoms with Gasteiger partial charge in [-0.05, 0) is 77.8 Å². The lowest BCUT2D eigenvalue weighted by Gasteiger charge is -2.34. The predicted octanol–water partition coefficient (Wildman–Crippen LogP) is 0.765. The van der Waals surface area contributed by atoms with Crippen LogP contribution in [0.4, 0.5) is 0 Å². The zero-order valence-electron chi connectivity index (χ0n) is 12.5. The van der Waals surface area contributed by atoms with Crippen molar-refractivity contribution in [2.45, 2.75) is 38.1 Å². The van der Waals surface area contributed by atoms with E-state index in [1.165, 1.54) is 58.4 Å². The Balaban J connectivity index is 1.59. The maximum absolute atomic E-state index is 9.17. The van der Waals surface area contributed by atoms with Gasteiger partial charge in [0.05, 0.1) is 6.61 Å². The molecule has 19 heavy (non-hydrogen) atoms. The van der Waals surface area contributed by atoms with Crippen molar-refractivity contribution in [3.63, 3.8) is 0 Å². The standard InChI is InChI=1S/C15H31N3O/c1-16-15(13-19)6-11-17-9-4-14(5-10-17)12-18-7-2-3-8-18/h14-16,19H,2-13H2,1H3. The second kappa shape index (κ2) is 8.20. The molecule has 1 atom stereocenters. The van der Waals surface area contributed by atoms with Crippen LogP contribution in [0.1, 0.15) is 32.1 Å². The summed E-state index contributed by atoms with van der Waals surface area (Å²) in [5, 5.41) is 12.3. The Labute approximate surface area is 118 Å². The molecule has 4 nitrogen and oxygen atoms in total. The lowest BCUT2D eigenvalue weighted by molar-refractivity contribution is 0.143. The first-order valence-corrected chi connectivity index (χ1v) is 8.04. The van der Waals surface area contributed by atoms with Crippen LogP contribution < -0.4 is 5.32 Å². The van der Waals surface area contributed by atoms with E-state index in [-0.39, 0.29) is 12.6 Å². The minimum Gasteiger partial charge on any atom is -0.395 e. The number of hydrogen-bond donors (Lipinski definition) is 2. The van der Waals surface area contributed by atoms with E-state index in [0.717, 1.165) is 18.9 Å². The molecule has 2 N–H and O–H groups in total. The first kappa shape index (κ1) is 15.2. The van der Waals surface area contributed by atoms with Gasteiger partial charge in [0.15, 0.2) is 0 Å². The second-order valence-electron chi connectivity index (χ2n) is 6.25. The fourth-order valence-corrected chi connectivity index (χ4v) is 3.39. The summed E-state index contributed by atoms with van der Waals surface area (Å²) in [4.78, 5) is 5.23. The highest BCUT2D eigenvalue weighted by Gasteiger charge is 2.22. The zero-order valence-corrected chi connectivity index (χ0v) is 12.5. The molecule has 0 aromatic carbocycles. The van der Waals surface area contributed by atoms with Crippen LogP contribution in [0.3, 0.4) is 0 Å². The molecular formula is C15H31N3O. The van der Waals surface area contributed by atoms with Gasteiger partial charge in [-0.2, -0.15) is 0 Å². The SMILES string of the molecule is CNC(CO)CCN1CCC(CN2CCCC2)CC1. The van der Waals surface area contributed by atoms with Crippen LogP contribution in [-0.4, -0.2) is 73.9 Å². The van der Waals surface area contributed by atoms with Gasteiger partial charge < -0.3 is 20.2 Å². The molecular weight excluding hydrogens is 238 g/mol. The first-order chi connectivity index (χ1) is 9.31. The van der Waals surface area contributed by atoms with Gasteiger partial charge in [-0.3, -0.25) is 0 Å². The summed E-state index contributed by atoms with van der Waals surface area (Å²) in [6.07, 6.45) is 6.60. The van der Waals surface area contributed by atoms with E-state index in [1.54, 1.807) is 0 Å². The molecule has 2 aliphatic rings. The summed E-state index contributed by atoms with van der Waals surface area (Å²) in [6.45, 7) is 7.88. The summed E-state index contributed by atoms with van der Waals surface area (Å²) in [6, 6.07) is 0.266. The third kappa shape index (κ3) is 5.03. The molecule has 112 valence electrons. The number of piperidine rings is 1. The maximum Gasteiger partial charge on any atom is 0.0585 e. The number of likely N-dealkylation sites (tertiary alicyclic amines) is 2. The highest BCUT2D eigenvalue weighted by Crippen LogP contribution is 2.20. The Kier molecular flexibility index (Phi) is 6.57. The fraction of sp³-hybridized carbons (Fsp3) is 1.00. The maximum atomic E-state index is 9.17. The van der Waals surface area contributed by atoms with Gasteiger partial charge in [0.1, 0.15) is 0 Å². The number of aliphatic hydroxyl groups excluding tert-OH is 1. The Morgan fingerprint density at radius 2 is 1.79 bits per heavy atom. The molecule has 0 spiro atoms. The van der Waals surface area contributed by atoms with Crippen LogP contribution in [0, 0.1) is 5.92 Å². The molecule has 0 aromatic heterocycles. The number of likely N-dealkylation sites (N-methyl/N-ethyl adjacent to an activating group) is 1. The third-order valence-electron chi connectivity index (χ3n) is 4.84. The first-order valence-electron chi connectivity index (χ1n) is 8.04. The van der Waals surface area contributed by atoms with Crippen LogP contribution in [-0.2, 0) is 0 Å². The van der Waals surface area contributed by atoms with Gasteiger partial charge >= 0.3 is 0 Å². The van der Waals surface area contributed by atoms with E-state index in [0.29, 0.717) is 0 Å². The van der Waals surface area contributed by atoms with E-state index in [9.17, 15) is 5.11 Å². The van der Waals surface area contributed by atoms with Gasteiger partial charge in [-0.15, -0.1) is 0 Å². The lowest BCUT2D eigenvalue weighted by Crippen LogP contribution is -2.40. The monoisotopic (exact) mass is 269 g/mol. The van der Waals surface area contributed by atoms with E-state index >= 15 is 0 Å². The normalized spacial score (nSPS) is 24.9. The van der Waals surface area contributed by atoms with Crippen molar-refractivity contribution < 1.29 is 5.11 Å². The van der Waals surface area contributed by atoms with Crippen LogP contribution in [0.2, 0.25) is 0 Å². The van der Waals surface area contributed by atoms with E-state index in [1.807, 2.05) is 7.05 Å². The van der Waals surface area contributed by atoms with Crippen molar-refractivity contribution in [2.75, 3.05) is 52.9 Å². The van der Waals surface area contributed by atoms with Gasteiger partial charge in [0, 0.05) is 12.6 Å². The molecule has 0 bridgehead atoms. The number of rotatable bonds is 7. The van der Waals surface area contributed by atoms with Crippen molar-refractivity contribution >= 4 is 0 Å². The summed E-state index contributed by atoms with van der Waals surface area (Å²) in [5.41, 5.74) is 0. The summed E-state index contributed by atoms with van der Waals surface area (Å²) in [7, 11) is 1.93. The predicted molar refractivity (Wildman–Crippen MR) is 79.4 cm³/mol. The van der Waals surface area contributed by atoms with Crippen LogP contribution in [0.15, 0.2) is 0 Å². The Morgan fingerprint density at radius 3 is 2.37 bits per heavy atom. The van der Waals surface area contributed by atoms with E-state index < -0.39 is 0 Å². The summed E-state index contributed by atoms with van der Waals surface area (Å²) < 4.78 is 0. The van der Waals surface area contributed by atoms with Gasteiger partial charge in [-0.25, -0.2) is 0 Å². The highest BCUT2D eigenvalue weighted by molar-refractivity contribution is 4.78. The van der Waals surface area contributed by atoms with Crippen LogP contribution in [0.5, 0.6) is 0 Å². The minimum atomic E-state index is 0.252. The molecule has 0 aliphatic carbocycles. The largest absolute Gasteiger partial charge is 0.395 e. The lowest BCUT2D eigenvalue weighted by atomic mass is 9.96. The van der Waals surface area contributed by atoms with Crippen LogP contribution in [0.25, 0.3) is 0 Å². The molecule has 1 unspecified atom stereocenters. The molecule has 2 saturated heterocycles. The molecule has 2 aliphatic heterocycles. The third-order valence-corrected chi connectivity index (χ3v) is 4.84. The average molecular weight is 269 g/mol. The molecule has 4 heteroatoms. The van der Waals surface area contributed by atoms with E-state index in [4.69, 9.17) is 0 Å². The zero-order chi connectivity index (χ0) is 13.5. The average Bonchev–Trinajstić information content (AvgIpc) is 2.95. The van der Waals surface area contributed by atoms with Gasteiger partial charge in [0.25, 0.3) is 0 Å².